The quantitative estimate of drug-likeness (QED) is 0.0222. The summed E-state index contributed by atoms with van der Waals surface area (Å²) in [7, 11) is -9.92. The number of aliphatic hydroxyl groups excluding tert-OH is 1. The molecule has 0 aliphatic heterocycles. The van der Waals surface area contributed by atoms with Gasteiger partial charge in [-0.1, -0.05) is 376 Å². The number of carbonyl (C=O) groups is 4. The molecule has 0 aromatic heterocycles. The maximum Gasteiger partial charge on any atom is 0.472 e. The molecule has 0 amide bonds. The molecule has 0 aromatic rings. The summed E-state index contributed by atoms with van der Waals surface area (Å²) in [4.78, 5) is 73.1. The monoisotopic (exact) mass is 1480 g/mol. The highest BCUT2D eigenvalue weighted by Crippen LogP contribution is 2.45. The SMILES string of the molecule is CCCCCCCCCCCCCCCCCCCC(=O)OC[C@H](COP(=O)(O)OC[C@@H](O)COP(=O)(O)OC[C@@H](COC(=O)CCCCCCCCCCC(C)C)OC(=O)CCCCCCCCCCCCCC(C)C)OC(=O)CCCCCCCCCCCCCCCCCCC(C)C. The molecule has 101 heavy (non-hydrogen) atoms. The second-order valence-electron chi connectivity index (χ2n) is 30.9. The van der Waals surface area contributed by atoms with E-state index in [1.165, 1.54) is 238 Å². The average Bonchev–Trinajstić information content (AvgIpc) is 0.920. The lowest BCUT2D eigenvalue weighted by Gasteiger charge is -2.21. The number of ether oxygens (including phenoxy) is 4. The molecular weight excluding hydrogens is 1320 g/mol. The first-order valence-corrected chi connectivity index (χ1v) is 45.3. The standard InChI is InChI=1S/C82H160O17P2/c1-8-9-10-11-12-13-14-15-16-17-21-24-29-34-42-49-56-63-79(84)92-69-77(98-81(86)65-58-51-44-35-30-25-22-19-18-20-23-27-32-39-46-53-60-73(2)3)71-96-100(88,89)94-67-76(83)68-95-101(90,91)97-72-78(70-93-80(85)64-57-50-43-38-37-41-48-55-62-75(6)7)99-82(87)66-59-52-45-36-31-26-28-33-40-47-54-61-74(4)5/h73-78,83H,8-72H2,1-7H3,(H,88,89)(H,90,91)/t76-,77-,78-/m1/s1. The molecule has 0 radical (unpaired) electrons. The summed E-state index contributed by atoms with van der Waals surface area (Å²) in [5, 5.41) is 10.7. The zero-order valence-electron chi connectivity index (χ0n) is 66.4. The van der Waals surface area contributed by atoms with Crippen molar-refractivity contribution >= 4 is 39.5 Å². The summed E-state index contributed by atoms with van der Waals surface area (Å²) in [5.41, 5.74) is 0. The van der Waals surface area contributed by atoms with E-state index in [4.69, 9.17) is 37.0 Å². The molecule has 0 bridgehead atoms. The molecule has 0 aliphatic rings. The molecular formula is C82H160O17P2. The Balaban J connectivity index is 5.25. The number of aliphatic hydroxyl groups is 1. The summed E-state index contributed by atoms with van der Waals surface area (Å²) < 4.78 is 68.8. The van der Waals surface area contributed by atoms with Gasteiger partial charge >= 0.3 is 39.5 Å². The van der Waals surface area contributed by atoms with Crippen LogP contribution in [0.3, 0.4) is 0 Å². The van der Waals surface area contributed by atoms with Crippen LogP contribution in [-0.2, 0) is 65.4 Å². The van der Waals surface area contributed by atoms with Crippen LogP contribution < -0.4 is 0 Å². The van der Waals surface area contributed by atoms with Crippen LogP contribution in [0.2, 0.25) is 0 Å². The Hall–Kier alpha value is -1.94. The van der Waals surface area contributed by atoms with E-state index in [-0.39, 0.29) is 25.7 Å². The molecule has 600 valence electrons. The van der Waals surface area contributed by atoms with Crippen molar-refractivity contribution in [1.82, 2.24) is 0 Å². The lowest BCUT2D eigenvalue weighted by atomic mass is 10.0. The van der Waals surface area contributed by atoms with Gasteiger partial charge in [0.1, 0.15) is 19.3 Å². The molecule has 0 saturated heterocycles. The fraction of sp³-hybridized carbons (Fsp3) is 0.951. The molecule has 0 fully saturated rings. The van der Waals surface area contributed by atoms with E-state index in [0.29, 0.717) is 25.7 Å². The minimum atomic E-state index is -4.96. The van der Waals surface area contributed by atoms with Crippen LogP contribution in [0.5, 0.6) is 0 Å². The van der Waals surface area contributed by atoms with Crippen molar-refractivity contribution in [2.45, 2.75) is 446 Å². The molecule has 0 aliphatic carbocycles. The molecule has 19 heteroatoms. The van der Waals surface area contributed by atoms with Crippen molar-refractivity contribution < 1.29 is 80.2 Å². The maximum atomic E-state index is 13.1. The zero-order valence-corrected chi connectivity index (χ0v) is 68.2. The van der Waals surface area contributed by atoms with Gasteiger partial charge in [0.05, 0.1) is 26.4 Å². The van der Waals surface area contributed by atoms with E-state index in [0.717, 1.165) is 108 Å². The summed E-state index contributed by atoms with van der Waals surface area (Å²) >= 11 is 0. The number of carbonyl (C=O) groups excluding carboxylic acids is 4. The van der Waals surface area contributed by atoms with Gasteiger partial charge < -0.3 is 33.8 Å². The number of hydrogen-bond acceptors (Lipinski definition) is 15. The van der Waals surface area contributed by atoms with E-state index in [9.17, 15) is 43.2 Å². The predicted molar refractivity (Wildman–Crippen MR) is 414 cm³/mol. The second kappa shape index (κ2) is 72.3. The normalized spacial score (nSPS) is 14.0. The third-order valence-electron chi connectivity index (χ3n) is 19.1. The first kappa shape index (κ1) is 99.1. The fourth-order valence-corrected chi connectivity index (χ4v) is 14.2. The molecule has 3 N–H and O–H groups in total. The maximum absolute atomic E-state index is 13.1. The number of phosphoric acid groups is 2. The Bertz CT molecular complexity index is 1960. The molecule has 5 atom stereocenters. The van der Waals surface area contributed by atoms with Gasteiger partial charge in [-0.2, -0.15) is 0 Å². The molecule has 0 aromatic carbocycles. The van der Waals surface area contributed by atoms with Crippen molar-refractivity contribution in [3.63, 3.8) is 0 Å². The number of rotatable bonds is 80. The van der Waals surface area contributed by atoms with Gasteiger partial charge in [-0.25, -0.2) is 9.13 Å². The van der Waals surface area contributed by atoms with Crippen LogP contribution >= 0.6 is 15.6 Å². The number of esters is 4. The van der Waals surface area contributed by atoms with Gasteiger partial charge in [0, 0.05) is 25.7 Å². The highest BCUT2D eigenvalue weighted by atomic mass is 31.2. The Morgan fingerprint density at radius 2 is 0.455 bits per heavy atom. The third-order valence-corrected chi connectivity index (χ3v) is 21.0. The van der Waals surface area contributed by atoms with Gasteiger partial charge in [-0.3, -0.25) is 37.3 Å². The van der Waals surface area contributed by atoms with Gasteiger partial charge in [0.15, 0.2) is 12.2 Å². The lowest BCUT2D eigenvalue weighted by Crippen LogP contribution is -2.30. The molecule has 0 spiro atoms. The first-order valence-electron chi connectivity index (χ1n) is 42.3. The van der Waals surface area contributed by atoms with Gasteiger partial charge in [0.25, 0.3) is 0 Å². The predicted octanol–water partition coefficient (Wildman–Crippen LogP) is 24.5. The molecule has 17 nitrogen and oxygen atoms in total. The summed E-state index contributed by atoms with van der Waals surface area (Å²) in [6, 6.07) is 0. The summed E-state index contributed by atoms with van der Waals surface area (Å²) in [6.45, 7) is 11.9. The minimum absolute atomic E-state index is 0.106. The summed E-state index contributed by atoms with van der Waals surface area (Å²) in [6.07, 6.45) is 61.1. The van der Waals surface area contributed by atoms with Crippen molar-refractivity contribution in [3.05, 3.63) is 0 Å². The smallest absolute Gasteiger partial charge is 0.462 e. The third kappa shape index (κ3) is 76.1. The van der Waals surface area contributed by atoms with E-state index < -0.39 is 97.5 Å². The Labute approximate surface area is 619 Å². The largest absolute Gasteiger partial charge is 0.472 e. The second-order valence-corrected chi connectivity index (χ2v) is 33.8. The average molecular weight is 1480 g/mol. The Morgan fingerprint density at radius 3 is 0.673 bits per heavy atom. The van der Waals surface area contributed by atoms with Crippen LogP contribution in [0.15, 0.2) is 0 Å². The lowest BCUT2D eigenvalue weighted by molar-refractivity contribution is -0.161. The van der Waals surface area contributed by atoms with E-state index >= 15 is 0 Å². The van der Waals surface area contributed by atoms with Crippen molar-refractivity contribution in [2.24, 2.45) is 17.8 Å². The minimum Gasteiger partial charge on any atom is -0.462 e. The van der Waals surface area contributed by atoms with Crippen molar-refractivity contribution in [2.75, 3.05) is 39.6 Å². The highest BCUT2D eigenvalue weighted by Gasteiger charge is 2.30. The van der Waals surface area contributed by atoms with Crippen molar-refractivity contribution in [1.29, 1.82) is 0 Å². The topological polar surface area (TPSA) is 237 Å². The van der Waals surface area contributed by atoms with Gasteiger partial charge in [-0.15, -0.1) is 0 Å². The highest BCUT2D eigenvalue weighted by molar-refractivity contribution is 7.47. The van der Waals surface area contributed by atoms with E-state index in [1.54, 1.807) is 0 Å². The molecule has 2 unspecified atom stereocenters. The van der Waals surface area contributed by atoms with Crippen LogP contribution in [0.1, 0.15) is 427 Å². The Kier molecular flexibility index (Phi) is 70.9. The number of unbranched alkanes of at least 4 members (excludes halogenated alkanes) is 48. The first-order chi connectivity index (χ1) is 48.7. The zero-order chi connectivity index (χ0) is 74.4. The van der Waals surface area contributed by atoms with Crippen LogP contribution in [0.4, 0.5) is 0 Å². The van der Waals surface area contributed by atoms with Gasteiger partial charge in [0.2, 0.25) is 0 Å². The molecule has 0 rings (SSSR count). The molecule has 0 heterocycles. The number of phosphoric ester groups is 2. The molecule has 0 saturated carbocycles. The summed E-state index contributed by atoms with van der Waals surface area (Å²) in [5.74, 6) is 0.191. The van der Waals surface area contributed by atoms with Crippen LogP contribution in [0.25, 0.3) is 0 Å². The fourth-order valence-electron chi connectivity index (χ4n) is 12.7. The van der Waals surface area contributed by atoms with Crippen molar-refractivity contribution in [3.8, 4) is 0 Å². The van der Waals surface area contributed by atoms with Crippen LogP contribution in [0, 0.1) is 17.8 Å². The van der Waals surface area contributed by atoms with Gasteiger partial charge in [-0.05, 0) is 43.4 Å². The van der Waals surface area contributed by atoms with E-state index in [1.807, 2.05) is 0 Å². The van der Waals surface area contributed by atoms with Crippen LogP contribution in [-0.4, -0.2) is 96.7 Å². The Morgan fingerprint density at radius 1 is 0.267 bits per heavy atom. The number of hydrogen-bond donors (Lipinski definition) is 3. The van der Waals surface area contributed by atoms with E-state index in [2.05, 4.69) is 48.5 Å².